The second kappa shape index (κ2) is 15.2. The van der Waals surface area contributed by atoms with E-state index in [1.165, 1.54) is 65.9 Å². The number of hydrogen-bond acceptors (Lipinski definition) is 9. The third kappa shape index (κ3) is 6.79. The second-order valence-corrected chi connectivity index (χ2v) is 15.5. The summed E-state index contributed by atoms with van der Waals surface area (Å²) in [5.74, 6) is -4.18. The fraction of sp³-hybridized carbons (Fsp3) is 0.795. The van der Waals surface area contributed by atoms with Crippen molar-refractivity contribution in [3.05, 3.63) is 23.3 Å². The highest BCUT2D eigenvalue weighted by atomic mass is 16.6. The third-order valence-corrected chi connectivity index (χ3v) is 12.1. The summed E-state index contributed by atoms with van der Waals surface area (Å²) in [6, 6.07) is 0. The normalized spacial score (nSPS) is 34.5. The molecule has 4 aliphatic rings. The van der Waals surface area contributed by atoms with E-state index in [-0.39, 0.29) is 31.2 Å². The van der Waals surface area contributed by atoms with Gasteiger partial charge in [0, 0.05) is 62.9 Å². The average molecular weight is 673 g/mol. The van der Waals surface area contributed by atoms with Gasteiger partial charge in [0.1, 0.15) is 18.3 Å². The SMILES string of the molecule is CCCCCCCCCCCCCC(=O)O[C@@H]1[C@@H](C)[C@@]2(O)[C@@H](C=C(COC(C)=O)C[C@]3(OC)C(=O)C(C)=C[C@@H]23)[C@@H]2C(C)(C)[C@]12OC(C)=O. The van der Waals surface area contributed by atoms with Gasteiger partial charge in [-0.3, -0.25) is 19.2 Å². The largest absolute Gasteiger partial charge is 0.461 e. The molecule has 9 heteroatoms. The topological polar surface area (TPSA) is 125 Å². The average Bonchev–Trinajstić information content (AvgIpc) is 3.43. The van der Waals surface area contributed by atoms with E-state index in [2.05, 4.69) is 6.92 Å². The maximum atomic E-state index is 13.8. The van der Waals surface area contributed by atoms with Crippen LogP contribution in [0.3, 0.4) is 0 Å². The van der Waals surface area contributed by atoms with Crippen LogP contribution in [0.15, 0.2) is 23.3 Å². The Hall–Kier alpha value is -2.52. The number of rotatable bonds is 17. The molecule has 0 aromatic heterocycles. The van der Waals surface area contributed by atoms with Crippen molar-refractivity contribution in [3.8, 4) is 0 Å². The molecule has 48 heavy (non-hydrogen) atoms. The van der Waals surface area contributed by atoms with Gasteiger partial charge >= 0.3 is 17.9 Å². The molecule has 0 aromatic rings. The summed E-state index contributed by atoms with van der Waals surface area (Å²) in [5, 5.41) is 13.1. The number of fused-ring (bicyclic) bond motifs is 5. The Kier molecular flexibility index (Phi) is 12.1. The summed E-state index contributed by atoms with van der Waals surface area (Å²) < 4.78 is 24.0. The van der Waals surface area contributed by atoms with E-state index in [4.69, 9.17) is 18.9 Å². The van der Waals surface area contributed by atoms with E-state index in [0.29, 0.717) is 17.6 Å². The summed E-state index contributed by atoms with van der Waals surface area (Å²) in [4.78, 5) is 51.9. The lowest BCUT2D eigenvalue weighted by Crippen LogP contribution is -2.66. The number of unbranched alkanes of at least 4 members (excludes halogenated alkanes) is 10. The number of hydrogen-bond donors (Lipinski definition) is 1. The van der Waals surface area contributed by atoms with Crippen LogP contribution in [0.25, 0.3) is 0 Å². The molecule has 0 heterocycles. The highest BCUT2D eigenvalue weighted by Gasteiger charge is 2.88. The first-order chi connectivity index (χ1) is 22.6. The maximum Gasteiger partial charge on any atom is 0.306 e. The predicted molar refractivity (Wildman–Crippen MR) is 182 cm³/mol. The summed E-state index contributed by atoms with van der Waals surface area (Å²) in [6.07, 6.45) is 15.9. The zero-order valence-corrected chi connectivity index (χ0v) is 30.7. The van der Waals surface area contributed by atoms with Crippen LogP contribution in [0.1, 0.15) is 132 Å². The van der Waals surface area contributed by atoms with Gasteiger partial charge in [-0.2, -0.15) is 0 Å². The molecule has 0 radical (unpaired) electrons. The van der Waals surface area contributed by atoms with E-state index in [1.54, 1.807) is 13.0 Å². The van der Waals surface area contributed by atoms with Gasteiger partial charge in [0.05, 0.1) is 5.60 Å². The molecular formula is C39H60O9. The molecule has 270 valence electrons. The molecule has 0 spiro atoms. The zero-order valence-electron chi connectivity index (χ0n) is 30.7. The lowest BCUT2D eigenvalue weighted by atomic mass is 9.59. The van der Waals surface area contributed by atoms with E-state index >= 15 is 0 Å². The van der Waals surface area contributed by atoms with Crippen LogP contribution in [0.2, 0.25) is 0 Å². The highest BCUT2D eigenvalue weighted by molar-refractivity contribution is 6.05. The van der Waals surface area contributed by atoms with Gasteiger partial charge in [-0.1, -0.05) is 104 Å². The first-order valence-corrected chi connectivity index (χ1v) is 18.4. The number of aliphatic hydroxyl groups is 1. The van der Waals surface area contributed by atoms with Crippen molar-refractivity contribution in [3.63, 3.8) is 0 Å². The van der Waals surface area contributed by atoms with Gasteiger partial charge < -0.3 is 24.1 Å². The number of esters is 3. The lowest BCUT2D eigenvalue weighted by molar-refractivity contribution is -0.230. The van der Waals surface area contributed by atoms with Crippen molar-refractivity contribution < 1.29 is 43.2 Å². The molecule has 2 saturated carbocycles. The number of ether oxygens (including phenoxy) is 4. The van der Waals surface area contributed by atoms with Gasteiger partial charge in [0.25, 0.3) is 0 Å². The Morgan fingerprint density at radius 3 is 2.04 bits per heavy atom. The van der Waals surface area contributed by atoms with Crippen LogP contribution in [-0.4, -0.2) is 65.4 Å². The Bertz CT molecular complexity index is 1280. The van der Waals surface area contributed by atoms with Crippen LogP contribution < -0.4 is 0 Å². The highest BCUT2D eigenvalue weighted by Crippen LogP contribution is 2.77. The van der Waals surface area contributed by atoms with Crippen LogP contribution in [-0.2, 0) is 38.1 Å². The fourth-order valence-corrected chi connectivity index (χ4v) is 9.64. The molecular weight excluding hydrogens is 612 g/mol. The summed E-state index contributed by atoms with van der Waals surface area (Å²) in [7, 11) is 1.47. The quantitative estimate of drug-likeness (QED) is 0.0754. The van der Waals surface area contributed by atoms with E-state index in [0.717, 1.165) is 19.3 Å². The Labute approximate surface area is 287 Å². The number of Topliss-reactive ketones (excluding diaryl/α,β-unsaturated/α-hetero) is 1. The van der Waals surface area contributed by atoms with Crippen molar-refractivity contribution >= 4 is 23.7 Å². The van der Waals surface area contributed by atoms with Crippen LogP contribution in [0, 0.1) is 29.1 Å². The van der Waals surface area contributed by atoms with Crippen LogP contribution >= 0.6 is 0 Å². The second-order valence-electron chi connectivity index (χ2n) is 15.5. The number of carbonyl (C=O) groups excluding carboxylic acids is 4. The van der Waals surface area contributed by atoms with Gasteiger partial charge in [0.15, 0.2) is 11.4 Å². The predicted octanol–water partition coefficient (Wildman–Crippen LogP) is 6.98. The van der Waals surface area contributed by atoms with Crippen LogP contribution in [0.4, 0.5) is 0 Å². The molecule has 0 aliphatic heterocycles. The minimum atomic E-state index is -1.62. The van der Waals surface area contributed by atoms with Crippen molar-refractivity contribution in [1.82, 2.24) is 0 Å². The van der Waals surface area contributed by atoms with Gasteiger partial charge in [-0.05, 0) is 24.5 Å². The maximum absolute atomic E-state index is 13.8. The minimum absolute atomic E-state index is 0.0639. The van der Waals surface area contributed by atoms with Crippen molar-refractivity contribution in [2.24, 2.45) is 29.1 Å². The van der Waals surface area contributed by atoms with Gasteiger partial charge in [-0.15, -0.1) is 0 Å². The lowest BCUT2D eigenvalue weighted by Gasteiger charge is -2.53. The van der Waals surface area contributed by atoms with Crippen molar-refractivity contribution in [1.29, 1.82) is 0 Å². The van der Waals surface area contributed by atoms with Crippen molar-refractivity contribution in [2.45, 2.75) is 155 Å². The molecule has 8 atom stereocenters. The Morgan fingerprint density at radius 1 is 0.917 bits per heavy atom. The number of ketones is 1. The minimum Gasteiger partial charge on any atom is -0.461 e. The molecule has 4 rings (SSSR count). The Balaban J connectivity index is 1.57. The standard InChI is InChI=1S/C39H60O9/c1-9-10-11-12-13-14-15-16-17-18-19-20-32(42)47-35-26(3)38(44)30(33-36(6,7)39(33,35)48-28(5)41)22-29(24-46-27(4)40)23-37(45-8)31(38)21-25(2)34(37)43/h21-22,26,30-31,33,35,44H,9-20,23-24H2,1-8H3/t26-,30+,31-,33-,35-,37-,38-,39-/m1/s1. The first-order valence-electron chi connectivity index (χ1n) is 18.4. The first kappa shape index (κ1) is 38.3. The van der Waals surface area contributed by atoms with Gasteiger partial charge in [0.2, 0.25) is 0 Å². The van der Waals surface area contributed by atoms with E-state index in [9.17, 15) is 24.3 Å². The summed E-state index contributed by atoms with van der Waals surface area (Å²) in [6.45, 7) is 12.3. The smallest absolute Gasteiger partial charge is 0.306 e. The molecule has 2 fully saturated rings. The summed E-state index contributed by atoms with van der Waals surface area (Å²) >= 11 is 0. The fourth-order valence-electron chi connectivity index (χ4n) is 9.64. The number of carbonyl (C=O) groups is 4. The van der Waals surface area contributed by atoms with Gasteiger partial charge in [-0.25, -0.2) is 0 Å². The monoisotopic (exact) mass is 672 g/mol. The van der Waals surface area contributed by atoms with E-state index < -0.39 is 63.9 Å². The molecule has 0 amide bonds. The molecule has 4 aliphatic carbocycles. The van der Waals surface area contributed by atoms with E-state index in [1.807, 2.05) is 26.8 Å². The Morgan fingerprint density at radius 2 is 1.50 bits per heavy atom. The van der Waals surface area contributed by atoms with Crippen LogP contribution in [0.5, 0.6) is 0 Å². The molecule has 0 saturated heterocycles. The van der Waals surface area contributed by atoms with Crippen molar-refractivity contribution in [2.75, 3.05) is 13.7 Å². The number of methoxy groups -OCH3 is 1. The molecule has 0 unspecified atom stereocenters. The third-order valence-electron chi connectivity index (χ3n) is 12.1. The molecule has 1 N–H and O–H groups in total. The zero-order chi connectivity index (χ0) is 35.5. The molecule has 0 aromatic carbocycles. The summed E-state index contributed by atoms with van der Waals surface area (Å²) in [5.41, 5.74) is -3.80. The molecule has 9 nitrogen and oxygen atoms in total. The molecule has 0 bridgehead atoms.